The van der Waals surface area contributed by atoms with Gasteiger partial charge in [-0.3, -0.25) is 4.90 Å². The van der Waals surface area contributed by atoms with E-state index in [0.29, 0.717) is 6.61 Å². The number of rotatable bonds is 20. The molecule has 0 aromatic carbocycles. The summed E-state index contributed by atoms with van der Waals surface area (Å²) in [5.74, 6) is 0.144. The van der Waals surface area contributed by atoms with Crippen LogP contribution in [-0.4, -0.2) is 42.9 Å². The van der Waals surface area contributed by atoms with Crippen molar-refractivity contribution in [2.45, 2.75) is 149 Å². The average Bonchev–Trinajstić information content (AvgIpc) is 3.29. The molecule has 1 saturated heterocycles. The molecular weight excluding hydrogens is 466 g/mol. The van der Waals surface area contributed by atoms with Gasteiger partial charge in [-0.25, -0.2) is 9.59 Å². The molecule has 37 heavy (non-hydrogen) atoms. The van der Waals surface area contributed by atoms with E-state index in [0.717, 1.165) is 32.1 Å². The standard InChI is InChI=1S/C31H55NO5/c1-5-8-10-12-13-14-15-16-17-18-19-21-25-23-28(30(33)35-4)37-29(27(25)22-20-11-9-6-2)32-26(7-3)24-36-31(32)34/h23,25-27,29H,5-22,24H2,1-4H3/t25-,26+,27+,29+/m0/s1. The van der Waals surface area contributed by atoms with Gasteiger partial charge in [0.05, 0.1) is 13.2 Å². The van der Waals surface area contributed by atoms with E-state index in [4.69, 9.17) is 14.2 Å². The first-order chi connectivity index (χ1) is 18.1. The van der Waals surface area contributed by atoms with Crippen molar-refractivity contribution in [3.8, 4) is 0 Å². The molecule has 0 aliphatic carbocycles. The molecule has 0 aromatic rings. The van der Waals surface area contributed by atoms with Crippen LogP contribution in [0.1, 0.15) is 136 Å². The van der Waals surface area contributed by atoms with Crippen molar-refractivity contribution in [3.05, 3.63) is 11.8 Å². The van der Waals surface area contributed by atoms with Crippen molar-refractivity contribution in [2.75, 3.05) is 13.7 Å². The highest BCUT2D eigenvalue weighted by atomic mass is 16.6. The fraction of sp³-hybridized carbons (Fsp3) is 0.871. The van der Waals surface area contributed by atoms with Crippen LogP contribution < -0.4 is 0 Å². The Bertz CT molecular complexity index is 679. The largest absolute Gasteiger partial charge is 0.463 e. The third kappa shape index (κ3) is 10.5. The summed E-state index contributed by atoms with van der Waals surface area (Å²) >= 11 is 0. The number of cyclic esters (lactones) is 1. The predicted molar refractivity (Wildman–Crippen MR) is 149 cm³/mol. The Labute approximate surface area is 226 Å². The first-order valence-electron chi connectivity index (χ1n) is 15.5. The van der Waals surface area contributed by atoms with Gasteiger partial charge in [0, 0.05) is 5.92 Å². The van der Waals surface area contributed by atoms with Gasteiger partial charge >= 0.3 is 12.1 Å². The van der Waals surface area contributed by atoms with Gasteiger partial charge < -0.3 is 14.2 Å². The van der Waals surface area contributed by atoms with Crippen molar-refractivity contribution in [3.63, 3.8) is 0 Å². The highest BCUT2D eigenvalue weighted by molar-refractivity contribution is 5.86. The quantitative estimate of drug-likeness (QED) is 0.119. The highest BCUT2D eigenvalue weighted by Gasteiger charge is 2.46. The van der Waals surface area contributed by atoms with E-state index in [1.165, 1.54) is 90.6 Å². The van der Waals surface area contributed by atoms with Crippen LogP contribution in [-0.2, 0) is 19.0 Å². The lowest BCUT2D eigenvalue weighted by atomic mass is 9.80. The molecule has 0 radical (unpaired) electrons. The zero-order valence-corrected chi connectivity index (χ0v) is 24.3. The molecule has 0 saturated carbocycles. The molecule has 0 aromatic heterocycles. The van der Waals surface area contributed by atoms with E-state index in [2.05, 4.69) is 20.8 Å². The summed E-state index contributed by atoms with van der Waals surface area (Å²) < 4.78 is 16.7. The number of ether oxygens (including phenoxy) is 3. The second-order valence-corrected chi connectivity index (χ2v) is 11.1. The van der Waals surface area contributed by atoms with Gasteiger partial charge in [0.25, 0.3) is 0 Å². The van der Waals surface area contributed by atoms with Crippen LogP contribution in [0.3, 0.4) is 0 Å². The molecule has 2 heterocycles. The number of methoxy groups -OCH3 is 1. The number of nitrogens with zero attached hydrogens (tertiary/aromatic N) is 1. The fourth-order valence-electron chi connectivity index (χ4n) is 5.87. The molecule has 4 atom stereocenters. The first kappa shape index (κ1) is 31.5. The molecule has 6 nitrogen and oxygen atoms in total. The SMILES string of the molecule is CCCCCCCCCCCCC[C@H]1C=C(C(=O)OC)O[C@@H](N2C(=O)OC[C@H]2CC)[C@@H]1CCCCCC. The number of hydrogen-bond donors (Lipinski definition) is 0. The predicted octanol–water partition coefficient (Wildman–Crippen LogP) is 8.53. The van der Waals surface area contributed by atoms with Crippen molar-refractivity contribution < 1.29 is 23.8 Å². The van der Waals surface area contributed by atoms with Crippen molar-refractivity contribution >= 4 is 12.1 Å². The van der Waals surface area contributed by atoms with Gasteiger partial charge in [-0.2, -0.15) is 0 Å². The van der Waals surface area contributed by atoms with Crippen LogP contribution in [0.2, 0.25) is 0 Å². The van der Waals surface area contributed by atoms with E-state index < -0.39 is 12.2 Å². The highest BCUT2D eigenvalue weighted by Crippen LogP contribution is 2.39. The summed E-state index contributed by atoms with van der Waals surface area (Å²) in [7, 11) is 1.39. The Balaban J connectivity index is 1.98. The van der Waals surface area contributed by atoms with Crippen molar-refractivity contribution in [2.24, 2.45) is 11.8 Å². The van der Waals surface area contributed by atoms with E-state index in [9.17, 15) is 9.59 Å². The van der Waals surface area contributed by atoms with Gasteiger partial charge in [-0.15, -0.1) is 0 Å². The zero-order valence-electron chi connectivity index (χ0n) is 24.3. The molecule has 2 aliphatic heterocycles. The van der Waals surface area contributed by atoms with Crippen molar-refractivity contribution in [1.82, 2.24) is 4.90 Å². The summed E-state index contributed by atoms with van der Waals surface area (Å²) in [6, 6.07) is -0.0183. The van der Waals surface area contributed by atoms with E-state index in [1.54, 1.807) is 4.90 Å². The number of allylic oxidation sites excluding steroid dienone is 1. The fourth-order valence-corrected chi connectivity index (χ4v) is 5.87. The number of amides is 1. The number of hydrogen-bond acceptors (Lipinski definition) is 5. The minimum absolute atomic E-state index is 0.0183. The number of unbranched alkanes of at least 4 members (excludes halogenated alkanes) is 13. The van der Waals surface area contributed by atoms with Crippen LogP contribution >= 0.6 is 0 Å². The molecule has 6 heteroatoms. The molecular formula is C31H55NO5. The Hall–Kier alpha value is -1.72. The Kier molecular flexibility index (Phi) is 15.8. The second kappa shape index (κ2) is 18.5. The summed E-state index contributed by atoms with van der Waals surface area (Å²) in [6.45, 7) is 6.94. The van der Waals surface area contributed by atoms with Gasteiger partial charge in [0.2, 0.25) is 5.76 Å². The summed E-state index contributed by atoms with van der Waals surface area (Å²) in [4.78, 5) is 27.1. The summed E-state index contributed by atoms with van der Waals surface area (Å²) in [6.07, 6.45) is 23.1. The van der Waals surface area contributed by atoms with Crippen LogP contribution in [0, 0.1) is 11.8 Å². The molecule has 2 aliphatic rings. The zero-order chi connectivity index (χ0) is 26.9. The molecule has 0 unspecified atom stereocenters. The Morgan fingerprint density at radius 1 is 0.865 bits per heavy atom. The topological polar surface area (TPSA) is 65.1 Å². The lowest BCUT2D eigenvalue weighted by molar-refractivity contribution is -0.148. The number of esters is 1. The third-order valence-electron chi connectivity index (χ3n) is 8.20. The average molecular weight is 522 g/mol. The maximum Gasteiger partial charge on any atom is 0.413 e. The van der Waals surface area contributed by atoms with E-state index in [1.807, 2.05) is 6.08 Å². The minimum atomic E-state index is -0.474. The molecule has 0 spiro atoms. The molecule has 1 amide bonds. The van der Waals surface area contributed by atoms with E-state index in [-0.39, 0.29) is 29.7 Å². The molecule has 0 N–H and O–H groups in total. The van der Waals surface area contributed by atoms with Crippen LogP contribution in [0.15, 0.2) is 11.8 Å². The Morgan fingerprint density at radius 2 is 1.41 bits per heavy atom. The first-order valence-corrected chi connectivity index (χ1v) is 15.5. The van der Waals surface area contributed by atoms with Gasteiger partial charge in [-0.05, 0) is 31.3 Å². The van der Waals surface area contributed by atoms with Crippen LogP contribution in [0.5, 0.6) is 0 Å². The smallest absolute Gasteiger partial charge is 0.413 e. The van der Waals surface area contributed by atoms with E-state index >= 15 is 0 Å². The maximum absolute atomic E-state index is 12.8. The second-order valence-electron chi connectivity index (χ2n) is 11.1. The lowest BCUT2D eigenvalue weighted by Crippen LogP contribution is -2.51. The normalized spacial score (nSPS) is 23.5. The monoisotopic (exact) mass is 521 g/mol. The Morgan fingerprint density at radius 3 is 1.97 bits per heavy atom. The lowest BCUT2D eigenvalue weighted by Gasteiger charge is -2.42. The number of carbonyl (C=O) groups excluding carboxylic acids is 2. The minimum Gasteiger partial charge on any atom is -0.463 e. The van der Waals surface area contributed by atoms with Crippen LogP contribution in [0.25, 0.3) is 0 Å². The molecule has 2 rings (SSSR count). The third-order valence-corrected chi connectivity index (χ3v) is 8.20. The summed E-state index contributed by atoms with van der Waals surface area (Å²) in [5.41, 5.74) is 0. The maximum atomic E-state index is 12.8. The van der Waals surface area contributed by atoms with Crippen LogP contribution in [0.4, 0.5) is 4.79 Å². The molecule has 1 fully saturated rings. The van der Waals surface area contributed by atoms with Gasteiger partial charge in [0.1, 0.15) is 6.61 Å². The molecule has 214 valence electrons. The van der Waals surface area contributed by atoms with Gasteiger partial charge in [0.15, 0.2) is 6.23 Å². The molecule has 0 bridgehead atoms. The number of carbonyl (C=O) groups is 2. The van der Waals surface area contributed by atoms with Gasteiger partial charge in [-0.1, -0.05) is 117 Å². The summed E-state index contributed by atoms with van der Waals surface area (Å²) in [5, 5.41) is 0. The van der Waals surface area contributed by atoms with Crippen molar-refractivity contribution in [1.29, 1.82) is 0 Å².